The van der Waals surface area contributed by atoms with Gasteiger partial charge in [0.2, 0.25) is 0 Å². The monoisotopic (exact) mass is 351 g/mol. The maximum Gasteiger partial charge on any atom is 0.252 e. The van der Waals surface area contributed by atoms with Crippen molar-refractivity contribution in [3.05, 3.63) is 59.4 Å². The van der Waals surface area contributed by atoms with Gasteiger partial charge in [0.25, 0.3) is 5.91 Å². The van der Waals surface area contributed by atoms with Gasteiger partial charge in [-0.1, -0.05) is 36.6 Å². The zero-order chi connectivity index (χ0) is 17.2. The molecule has 0 aliphatic heterocycles. The van der Waals surface area contributed by atoms with Crippen LogP contribution in [0.5, 0.6) is 0 Å². The van der Waals surface area contributed by atoms with Crippen molar-refractivity contribution in [2.24, 2.45) is 0 Å². The zero-order valence-corrected chi connectivity index (χ0v) is 14.5. The predicted octanol–water partition coefficient (Wildman–Crippen LogP) is 4.62. The Balaban J connectivity index is 1.83. The molecule has 0 spiro atoms. The fourth-order valence-electron chi connectivity index (χ4n) is 3.40. The Morgan fingerprint density at radius 3 is 2.76 bits per heavy atom. The van der Waals surface area contributed by atoms with E-state index in [1.54, 1.807) is 18.5 Å². The minimum absolute atomic E-state index is 0.0632. The summed E-state index contributed by atoms with van der Waals surface area (Å²) in [5, 5.41) is 4.47. The standard InChI is InChI=1S/C20H18ClN3O/c21-17-9-3-8-15-16(20(25)23-14-6-1-2-7-14)11-18(24-19(15)17)13-5-4-10-22-12-13/h3-5,8-12,14H,1-2,6-7H2,(H,23,25). The highest BCUT2D eigenvalue weighted by Crippen LogP contribution is 2.29. The molecule has 0 atom stereocenters. The highest BCUT2D eigenvalue weighted by Gasteiger charge is 2.21. The number of nitrogens with one attached hydrogen (secondary N) is 1. The van der Waals surface area contributed by atoms with E-state index < -0.39 is 0 Å². The first-order valence-corrected chi connectivity index (χ1v) is 8.91. The van der Waals surface area contributed by atoms with Gasteiger partial charge < -0.3 is 5.32 Å². The van der Waals surface area contributed by atoms with E-state index in [0.29, 0.717) is 21.8 Å². The number of hydrogen-bond acceptors (Lipinski definition) is 3. The van der Waals surface area contributed by atoms with Crippen molar-refractivity contribution in [2.45, 2.75) is 31.7 Å². The second-order valence-electron chi connectivity index (χ2n) is 6.39. The molecule has 4 nitrogen and oxygen atoms in total. The summed E-state index contributed by atoms with van der Waals surface area (Å²) in [6.07, 6.45) is 7.90. The largest absolute Gasteiger partial charge is 0.349 e. The third-order valence-electron chi connectivity index (χ3n) is 4.68. The van der Waals surface area contributed by atoms with Crippen molar-refractivity contribution in [1.29, 1.82) is 0 Å². The normalized spacial score (nSPS) is 14.8. The molecule has 1 N–H and O–H groups in total. The summed E-state index contributed by atoms with van der Waals surface area (Å²) < 4.78 is 0. The molecule has 25 heavy (non-hydrogen) atoms. The second-order valence-corrected chi connectivity index (χ2v) is 6.79. The molecule has 0 bridgehead atoms. The number of benzene rings is 1. The van der Waals surface area contributed by atoms with E-state index in [0.717, 1.165) is 23.8 Å². The molecular weight excluding hydrogens is 334 g/mol. The summed E-state index contributed by atoms with van der Waals surface area (Å²) in [4.78, 5) is 21.7. The molecule has 2 aromatic heterocycles. The quantitative estimate of drug-likeness (QED) is 0.748. The zero-order valence-electron chi connectivity index (χ0n) is 13.7. The van der Waals surface area contributed by atoms with Gasteiger partial charge in [0.1, 0.15) is 0 Å². The fourth-order valence-corrected chi connectivity index (χ4v) is 3.61. The van der Waals surface area contributed by atoms with Crippen molar-refractivity contribution in [3.8, 4) is 11.3 Å². The van der Waals surface area contributed by atoms with E-state index in [2.05, 4.69) is 15.3 Å². The van der Waals surface area contributed by atoms with Crippen LogP contribution in [0.3, 0.4) is 0 Å². The highest BCUT2D eigenvalue weighted by molar-refractivity contribution is 6.35. The summed E-state index contributed by atoms with van der Waals surface area (Å²) in [7, 11) is 0. The summed E-state index contributed by atoms with van der Waals surface area (Å²) >= 11 is 6.35. The molecule has 1 aliphatic carbocycles. The first-order chi connectivity index (χ1) is 12.2. The van der Waals surface area contributed by atoms with E-state index in [1.807, 2.05) is 30.3 Å². The summed E-state index contributed by atoms with van der Waals surface area (Å²) in [5.74, 6) is -0.0632. The van der Waals surface area contributed by atoms with Gasteiger partial charge in [0.05, 0.1) is 21.8 Å². The lowest BCUT2D eigenvalue weighted by Gasteiger charge is -2.14. The van der Waals surface area contributed by atoms with Crippen LogP contribution in [0.1, 0.15) is 36.0 Å². The van der Waals surface area contributed by atoms with Gasteiger partial charge in [-0.05, 0) is 37.1 Å². The molecule has 2 heterocycles. The molecule has 4 rings (SSSR count). The minimum atomic E-state index is -0.0632. The van der Waals surface area contributed by atoms with Gasteiger partial charge in [-0.15, -0.1) is 0 Å². The van der Waals surface area contributed by atoms with E-state index in [4.69, 9.17) is 11.6 Å². The van der Waals surface area contributed by atoms with Crippen molar-refractivity contribution in [1.82, 2.24) is 15.3 Å². The molecule has 5 heteroatoms. The van der Waals surface area contributed by atoms with Crippen LogP contribution in [0, 0.1) is 0 Å². The summed E-state index contributed by atoms with van der Waals surface area (Å²) in [6.45, 7) is 0. The van der Waals surface area contributed by atoms with Crippen molar-refractivity contribution < 1.29 is 4.79 Å². The third-order valence-corrected chi connectivity index (χ3v) is 4.99. The van der Waals surface area contributed by atoms with Gasteiger partial charge in [-0.2, -0.15) is 0 Å². The number of pyridine rings is 2. The fraction of sp³-hybridized carbons (Fsp3) is 0.250. The topological polar surface area (TPSA) is 54.9 Å². The van der Waals surface area contributed by atoms with Gasteiger partial charge in [-0.3, -0.25) is 9.78 Å². The molecular formula is C20H18ClN3O. The Labute approximate surface area is 151 Å². The number of halogens is 1. The van der Waals surface area contributed by atoms with Crippen LogP contribution in [-0.4, -0.2) is 21.9 Å². The van der Waals surface area contributed by atoms with Crippen molar-refractivity contribution in [2.75, 3.05) is 0 Å². The number of fused-ring (bicyclic) bond motifs is 1. The molecule has 3 aromatic rings. The number of para-hydroxylation sites is 1. The number of amides is 1. The van der Waals surface area contributed by atoms with Crippen LogP contribution in [0.15, 0.2) is 48.8 Å². The number of carbonyl (C=O) groups excluding carboxylic acids is 1. The summed E-state index contributed by atoms with van der Waals surface area (Å²) in [6, 6.07) is 11.4. The van der Waals surface area contributed by atoms with Crippen LogP contribution in [0.25, 0.3) is 22.2 Å². The second kappa shape index (κ2) is 6.81. The average molecular weight is 352 g/mol. The first kappa shape index (κ1) is 16.0. The Kier molecular flexibility index (Phi) is 4.36. The molecule has 1 aromatic carbocycles. The number of nitrogens with zero attached hydrogens (tertiary/aromatic N) is 2. The minimum Gasteiger partial charge on any atom is -0.349 e. The predicted molar refractivity (Wildman–Crippen MR) is 99.7 cm³/mol. The van der Waals surface area contributed by atoms with Crippen LogP contribution in [0.2, 0.25) is 5.02 Å². The smallest absolute Gasteiger partial charge is 0.252 e. The Hall–Kier alpha value is -2.46. The van der Waals surface area contributed by atoms with Gasteiger partial charge >= 0.3 is 0 Å². The molecule has 126 valence electrons. The maximum absolute atomic E-state index is 12.9. The van der Waals surface area contributed by atoms with Crippen LogP contribution >= 0.6 is 11.6 Å². The van der Waals surface area contributed by atoms with Gasteiger partial charge in [0, 0.05) is 29.4 Å². The average Bonchev–Trinajstić information content (AvgIpc) is 3.15. The van der Waals surface area contributed by atoms with Crippen LogP contribution in [-0.2, 0) is 0 Å². The SMILES string of the molecule is O=C(NC1CCCC1)c1cc(-c2cccnc2)nc2c(Cl)cccc12. The Bertz CT molecular complexity index is 921. The van der Waals surface area contributed by atoms with E-state index in [9.17, 15) is 4.79 Å². The molecule has 1 fully saturated rings. The molecule has 0 unspecified atom stereocenters. The van der Waals surface area contributed by atoms with Gasteiger partial charge in [-0.25, -0.2) is 4.98 Å². The third kappa shape index (κ3) is 3.22. The lowest BCUT2D eigenvalue weighted by atomic mass is 10.0. The Morgan fingerprint density at radius 2 is 2.00 bits per heavy atom. The lowest BCUT2D eigenvalue weighted by molar-refractivity contribution is 0.0939. The number of aromatic nitrogens is 2. The molecule has 1 amide bonds. The molecule has 1 aliphatic rings. The number of hydrogen-bond donors (Lipinski definition) is 1. The number of carbonyl (C=O) groups is 1. The first-order valence-electron chi connectivity index (χ1n) is 8.53. The van der Waals surface area contributed by atoms with Crippen LogP contribution < -0.4 is 5.32 Å². The summed E-state index contributed by atoms with van der Waals surface area (Å²) in [5.41, 5.74) is 2.81. The van der Waals surface area contributed by atoms with E-state index in [-0.39, 0.29) is 11.9 Å². The van der Waals surface area contributed by atoms with Crippen molar-refractivity contribution in [3.63, 3.8) is 0 Å². The lowest BCUT2D eigenvalue weighted by Crippen LogP contribution is -2.32. The number of rotatable bonds is 3. The molecule has 0 saturated heterocycles. The maximum atomic E-state index is 12.9. The van der Waals surface area contributed by atoms with Crippen LogP contribution in [0.4, 0.5) is 0 Å². The van der Waals surface area contributed by atoms with Crippen molar-refractivity contribution >= 4 is 28.4 Å². The Morgan fingerprint density at radius 1 is 1.16 bits per heavy atom. The van der Waals surface area contributed by atoms with E-state index >= 15 is 0 Å². The molecule has 1 saturated carbocycles. The highest BCUT2D eigenvalue weighted by atomic mass is 35.5. The van der Waals surface area contributed by atoms with Gasteiger partial charge in [0.15, 0.2) is 0 Å². The molecule has 0 radical (unpaired) electrons. The van der Waals surface area contributed by atoms with E-state index in [1.165, 1.54) is 12.8 Å².